The summed E-state index contributed by atoms with van der Waals surface area (Å²) in [6.45, 7) is 2.07. The van der Waals surface area contributed by atoms with Crippen LogP contribution in [-0.4, -0.2) is 10.1 Å². The molecule has 0 aliphatic carbocycles. The Morgan fingerprint density at radius 2 is 1.74 bits per heavy atom. The van der Waals surface area contributed by atoms with E-state index in [0.29, 0.717) is 0 Å². The summed E-state index contributed by atoms with van der Waals surface area (Å²) in [5, 5.41) is 10.7. The van der Waals surface area contributed by atoms with Crippen LogP contribution in [0.3, 0.4) is 0 Å². The summed E-state index contributed by atoms with van der Waals surface area (Å²) in [7, 11) is 0. The normalized spacial score (nSPS) is 10.6. The molecule has 0 bridgehead atoms. The smallest absolute Gasteiger partial charge is 0.127 e. The van der Waals surface area contributed by atoms with Gasteiger partial charge in [0.1, 0.15) is 10.8 Å². The van der Waals surface area contributed by atoms with Crippen molar-refractivity contribution in [1.29, 1.82) is 0 Å². The first kappa shape index (κ1) is 11.9. The number of aromatic nitrogens is 1. The summed E-state index contributed by atoms with van der Waals surface area (Å²) in [6, 6.07) is 15.7. The molecule has 1 heterocycles. The summed E-state index contributed by atoms with van der Waals surface area (Å²) in [5.41, 5.74) is 3.19. The number of phenolic OH excluding ortho intramolecular Hbond substituents is 1. The van der Waals surface area contributed by atoms with Crippen molar-refractivity contribution in [2.75, 3.05) is 0 Å². The van der Waals surface area contributed by atoms with Crippen LogP contribution in [0.4, 0.5) is 0 Å². The highest BCUT2D eigenvalue weighted by Gasteiger charge is 2.09. The number of benzene rings is 2. The molecule has 3 rings (SSSR count). The highest BCUT2D eigenvalue weighted by molar-refractivity contribution is 7.18. The summed E-state index contributed by atoms with van der Waals surface area (Å²) in [6.07, 6.45) is 1.86. The predicted molar refractivity (Wildman–Crippen MR) is 79.4 cm³/mol. The van der Waals surface area contributed by atoms with Crippen molar-refractivity contribution < 1.29 is 5.11 Å². The summed E-state index contributed by atoms with van der Waals surface area (Å²) in [5.74, 6) is 0.271. The van der Waals surface area contributed by atoms with Crippen molar-refractivity contribution in [3.63, 3.8) is 0 Å². The Morgan fingerprint density at radius 1 is 1.00 bits per heavy atom. The Labute approximate surface area is 116 Å². The van der Waals surface area contributed by atoms with Crippen molar-refractivity contribution in [2.24, 2.45) is 0 Å². The van der Waals surface area contributed by atoms with Crippen LogP contribution in [0.25, 0.3) is 21.0 Å². The van der Waals surface area contributed by atoms with Crippen LogP contribution < -0.4 is 0 Å². The fraction of sp³-hybridized carbons (Fsp3) is 0.0625. The fourth-order valence-electron chi connectivity index (χ4n) is 1.90. The number of hydrogen-bond donors (Lipinski definition) is 1. The molecular weight excluding hydrogens is 254 g/mol. The van der Waals surface area contributed by atoms with Gasteiger partial charge in [-0.3, -0.25) is 0 Å². The second kappa shape index (κ2) is 4.86. The molecule has 0 radical (unpaired) electrons. The maximum Gasteiger partial charge on any atom is 0.127 e. The van der Waals surface area contributed by atoms with Crippen molar-refractivity contribution in [2.45, 2.75) is 6.92 Å². The minimum absolute atomic E-state index is 0.271. The summed E-state index contributed by atoms with van der Waals surface area (Å²) < 4.78 is 0. The summed E-state index contributed by atoms with van der Waals surface area (Å²) >= 11 is 1.59. The number of aryl methyl sites for hydroxylation is 1. The van der Waals surface area contributed by atoms with Crippen molar-refractivity contribution in [1.82, 2.24) is 4.98 Å². The molecule has 3 aromatic rings. The van der Waals surface area contributed by atoms with Gasteiger partial charge in [0.2, 0.25) is 0 Å². The van der Waals surface area contributed by atoms with E-state index in [4.69, 9.17) is 0 Å². The molecule has 94 valence electrons. The van der Waals surface area contributed by atoms with Crippen LogP contribution in [-0.2, 0) is 0 Å². The lowest BCUT2D eigenvalue weighted by Crippen LogP contribution is -1.75. The molecule has 19 heavy (non-hydrogen) atoms. The third-order valence-electron chi connectivity index (χ3n) is 2.98. The molecule has 0 spiro atoms. The maximum atomic E-state index is 9.85. The maximum absolute atomic E-state index is 9.85. The van der Waals surface area contributed by atoms with E-state index >= 15 is 0 Å². The number of para-hydroxylation sites is 1. The van der Waals surface area contributed by atoms with E-state index < -0.39 is 0 Å². The number of thiazole rings is 1. The average Bonchev–Trinajstić information content (AvgIpc) is 2.89. The van der Waals surface area contributed by atoms with Gasteiger partial charge >= 0.3 is 0 Å². The number of rotatable bonds is 2. The highest BCUT2D eigenvalue weighted by atomic mass is 32.1. The van der Waals surface area contributed by atoms with Gasteiger partial charge in [0.25, 0.3) is 0 Å². The minimum atomic E-state index is 0.271. The van der Waals surface area contributed by atoms with Gasteiger partial charge in [-0.2, -0.15) is 0 Å². The van der Waals surface area contributed by atoms with Gasteiger partial charge in [0, 0.05) is 6.20 Å². The highest BCUT2D eigenvalue weighted by Crippen LogP contribution is 2.35. The van der Waals surface area contributed by atoms with Gasteiger partial charge in [-0.05, 0) is 24.6 Å². The Kier molecular flexibility index (Phi) is 3.05. The van der Waals surface area contributed by atoms with Gasteiger partial charge in [-0.25, -0.2) is 4.98 Å². The van der Waals surface area contributed by atoms with E-state index in [2.05, 4.69) is 36.2 Å². The molecule has 0 saturated carbocycles. The van der Waals surface area contributed by atoms with Crippen LogP contribution in [0.5, 0.6) is 5.75 Å². The lowest BCUT2D eigenvalue weighted by Gasteiger charge is -1.99. The van der Waals surface area contributed by atoms with Crippen molar-refractivity contribution in [3.05, 3.63) is 60.3 Å². The van der Waals surface area contributed by atoms with Crippen LogP contribution in [0.1, 0.15) is 5.56 Å². The monoisotopic (exact) mass is 267 g/mol. The van der Waals surface area contributed by atoms with Gasteiger partial charge in [0.05, 0.1) is 10.4 Å². The van der Waals surface area contributed by atoms with Gasteiger partial charge in [0.15, 0.2) is 0 Å². The Bertz CT molecular complexity index is 701. The molecule has 0 atom stereocenters. The molecule has 0 amide bonds. The molecule has 0 saturated heterocycles. The van der Waals surface area contributed by atoms with Crippen molar-refractivity contribution in [3.8, 4) is 26.8 Å². The molecule has 3 heteroatoms. The lowest BCUT2D eigenvalue weighted by atomic mass is 10.1. The number of aromatic hydroxyl groups is 1. The zero-order valence-electron chi connectivity index (χ0n) is 10.5. The first-order valence-corrected chi connectivity index (χ1v) is 6.87. The van der Waals surface area contributed by atoms with Crippen LogP contribution >= 0.6 is 11.3 Å². The van der Waals surface area contributed by atoms with E-state index in [-0.39, 0.29) is 5.75 Å². The second-order valence-electron chi connectivity index (χ2n) is 4.41. The third kappa shape index (κ3) is 2.37. The summed E-state index contributed by atoms with van der Waals surface area (Å²) in [4.78, 5) is 5.51. The SMILES string of the molecule is Cc1ccc(-c2cnc(-c3ccccc3O)s2)cc1. The fourth-order valence-corrected chi connectivity index (χ4v) is 2.86. The molecule has 1 N–H and O–H groups in total. The zero-order chi connectivity index (χ0) is 13.2. The number of hydrogen-bond acceptors (Lipinski definition) is 3. The van der Waals surface area contributed by atoms with Gasteiger partial charge in [-0.1, -0.05) is 42.0 Å². The third-order valence-corrected chi connectivity index (χ3v) is 4.06. The molecule has 0 fully saturated rings. The number of nitrogens with zero attached hydrogens (tertiary/aromatic N) is 1. The van der Waals surface area contributed by atoms with Crippen LogP contribution in [0.2, 0.25) is 0 Å². The Hall–Kier alpha value is -2.13. The van der Waals surface area contributed by atoms with Crippen LogP contribution in [0, 0.1) is 6.92 Å². The molecule has 1 aromatic heterocycles. The van der Waals surface area contributed by atoms with Crippen LogP contribution in [0.15, 0.2) is 54.7 Å². The Balaban J connectivity index is 2.00. The first-order valence-electron chi connectivity index (χ1n) is 6.05. The molecule has 2 aromatic carbocycles. The topological polar surface area (TPSA) is 33.1 Å². The van der Waals surface area contributed by atoms with E-state index in [1.807, 2.05) is 24.4 Å². The quantitative estimate of drug-likeness (QED) is 0.742. The predicted octanol–water partition coefficient (Wildman–Crippen LogP) is 4.49. The number of phenols is 1. The molecular formula is C16H13NOS. The molecule has 2 nitrogen and oxygen atoms in total. The van der Waals surface area contributed by atoms with E-state index in [1.165, 1.54) is 5.56 Å². The lowest BCUT2D eigenvalue weighted by molar-refractivity contribution is 0.477. The van der Waals surface area contributed by atoms with Crippen molar-refractivity contribution >= 4 is 11.3 Å². The second-order valence-corrected chi connectivity index (χ2v) is 5.44. The van der Waals surface area contributed by atoms with Gasteiger partial charge in [-0.15, -0.1) is 11.3 Å². The Morgan fingerprint density at radius 3 is 2.47 bits per heavy atom. The van der Waals surface area contributed by atoms with Gasteiger partial charge < -0.3 is 5.11 Å². The molecule has 0 aliphatic heterocycles. The van der Waals surface area contributed by atoms with E-state index in [0.717, 1.165) is 21.0 Å². The zero-order valence-corrected chi connectivity index (χ0v) is 11.3. The van der Waals surface area contributed by atoms with E-state index in [9.17, 15) is 5.11 Å². The molecule has 0 aliphatic rings. The first-order chi connectivity index (χ1) is 9.24. The molecule has 0 unspecified atom stereocenters. The average molecular weight is 267 g/mol. The largest absolute Gasteiger partial charge is 0.507 e. The standard InChI is InChI=1S/C16H13NOS/c1-11-6-8-12(9-7-11)15-10-17-16(19-15)13-4-2-3-5-14(13)18/h2-10,18H,1H3. The van der Waals surface area contributed by atoms with E-state index in [1.54, 1.807) is 17.4 Å². The minimum Gasteiger partial charge on any atom is -0.507 e.